The standard InChI is InChI=1S/C17H26N2O2/c1-4-21-16(20)17(2,18-3)13-19-11-10-15(12-19)14-8-6-5-7-9-14/h5-9,15,18H,4,10-13H2,1-3H3. The lowest BCUT2D eigenvalue weighted by Crippen LogP contribution is -2.56. The lowest BCUT2D eigenvalue weighted by molar-refractivity contribution is -0.151. The van der Waals surface area contributed by atoms with Gasteiger partial charge in [-0.25, -0.2) is 0 Å². The van der Waals surface area contributed by atoms with E-state index < -0.39 is 5.54 Å². The maximum absolute atomic E-state index is 12.1. The molecule has 0 amide bonds. The fourth-order valence-corrected chi connectivity index (χ4v) is 2.96. The Hall–Kier alpha value is -1.39. The van der Waals surface area contributed by atoms with Crippen molar-refractivity contribution in [2.45, 2.75) is 31.7 Å². The molecule has 1 aromatic carbocycles. The molecule has 0 spiro atoms. The number of nitrogens with zero attached hydrogens (tertiary/aromatic N) is 1. The minimum Gasteiger partial charge on any atom is -0.465 e. The van der Waals surface area contributed by atoms with Gasteiger partial charge in [-0.1, -0.05) is 30.3 Å². The van der Waals surface area contributed by atoms with Gasteiger partial charge in [0.1, 0.15) is 5.54 Å². The molecule has 2 rings (SSSR count). The Kier molecular flexibility index (Phi) is 5.37. The maximum Gasteiger partial charge on any atom is 0.327 e. The molecule has 21 heavy (non-hydrogen) atoms. The highest BCUT2D eigenvalue weighted by Gasteiger charge is 2.37. The highest BCUT2D eigenvalue weighted by atomic mass is 16.5. The molecule has 0 bridgehead atoms. The first-order valence-corrected chi connectivity index (χ1v) is 7.72. The summed E-state index contributed by atoms with van der Waals surface area (Å²) in [6, 6.07) is 10.6. The summed E-state index contributed by atoms with van der Waals surface area (Å²) in [5.74, 6) is 0.394. The molecule has 4 nitrogen and oxygen atoms in total. The Balaban J connectivity index is 1.96. The molecule has 0 radical (unpaired) electrons. The van der Waals surface area contributed by atoms with Gasteiger partial charge in [-0.3, -0.25) is 4.79 Å². The average molecular weight is 290 g/mol. The van der Waals surface area contributed by atoms with Crippen LogP contribution >= 0.6 is 0 Å². The Morgan fingerprint density at radius 3 is 2.76 bits per heavy atom. The van der Waals surface area contributed by atoms with E-state index in [0.29, 0.717) is 19.1 Å². The molecule has 1 aromatic rings. The second-order valence-electron chi connectivity index (χ2n) is 5.93. The topological polar surface area (TPSA) is 41.6 Å². The third-order valence-corrected chi connectivity index (χ3v) is 4.36. The Morgan fingerprint density at radius 2 is 2.14 bits per heavy atom. The number of likely N-dealkylation sites (tertiary alicyclic amines) is 1. The second kappa shape index (κ2) is 7.05. The van der Waals surface area contributed by atoms with Crippen molar-refractivity contribution in [3.8, 4) is 0 Å². The SMILES string of the molecule is CCOC(=O)C(C)(CN1CCC(c2ccccc2)C1)NC. The quantitative estimate of drug-likeness (QED) is 0.814. The number of esters is 1. The van der Waals surface area contributed by atoms with Gasteiger partial charge in [-0.2, -0.15) is 0 Å². The molecule has 1 saturated heterocycles. The van der Waals surface area contributed by atoms with Crippen molar-refractivity contribution in [2.24, 2.45) is 0 Å². The first-order chi connectivity index (χ1) is 10.1. The molecule has 1 fully saturated rings. The van der Waals surface area contributed by atoms with Gasteiger partial charge in [-0.15, -0.1) is 0 Å². The van der Waals surface area contributed by atoms with Crippen molar-refractivity contribution in [3.05, 3.63) is 35.9 Å². The maximum atomic E-state index is 12.1. The Labute approximate surface area is 127 Å². The Morgan fingerprint density at radius 1 is 1.43 bits per heavy atom. The predicted molar refractivity (Wildman–Crippen MR) is 84.3 cm³/mol. The molecule has 2 unspecified atom stereocenters. The molecular formula is C17H26N2O2. The summed E-state index contributed by atoms with van der Waals surface area (Å²) < 4.78 is 5.19. The van der Waals surface area contributed by atoms with Gasteiger partial charge in [0.05, 0.1) is 6.61 Å². The van der Waals surface area contributed by atoms with Crippen LogP contribution in [0.25, 0.3) is 0 Å². The smallest absolute Gasteiger partial charge is 0.327 e. The van der Waals surface area contributed by atoms with Crippen LogP contribution in [0, 0.1) is 0 Å². The van der Waals surface area contributed by atoms with Gasteiger partial charge in [0, 0.05) is 13.1 Å². The molecule has 1 N–H and O–H groups in total. The van der Waals surface area contributed by atoms with E-state index in [9.17, 15) is 4.79 Å². The normalized spacial score (nSPS) is 22.0. The molecule has 0 saturated carbocycles. The number of nitrogens with one attached hydrogen (secondary N) is 1. The zero-order valence-electron chi connectivity index (χ0n) is 13.3. The van der Waals surface area contributed by atoms with Crippen molar-refractivity contribution in [3.63, 3.8) is 0 Å². The molecule has 1 aliphatic heterocycles. The molecule has 1 heterocycles. The highest BCUT2D eigenvalue weighted by molar-refractivity contribution is 5.80. The number of carbonyl (C=O) groups excluding carboxylic acids is 1. The largest absolute Gasteiger partial charge is 0.465 e. The van der Waals surface area contributed by atoms with Crippen molar-refractivity contribution in [2.75, 3.05) is 33.3 Å². The van der Waals surface area contributed by atoms with Gasteiger partial charge in [0.15, 0.2) is 0 Å². The van der Waals surface area contributed by atoms with E-state index in [1.54, 1.807) is 0 Å². The molecule has 4 heteroatoms. The van der Waals surface area contributed by atoms with E-state index >= 15 is 0 Å². The number of hydrogen-bond donors (Lipinski definition) is 1. The van der Waals surface area contributed by atoms with Gasteiger partial charge < -0.3 is 15.0 Å². The zero-order valence-corrected chi connectivity index (χ0v) is 13.3. The van der Waals surface area contributed by atoms with Gasteiger partial charge >= 0.3 is 5.97 Å². The lowest BCUT2D eigenvalue weighted by atomic mass is 9.98. The first kappa shape index (κ1) is 16.0. The fraction of sp³-hybridized carbons (Fsp3) is 0.588. The zero-order chi connectivity index (χ0) is 15.3. The summed E-state index contributed by atoms with van der Waals surface area (Å²) in [6.07, 6.45) is 1.15. The summed E-state index contributed by atoms with van der Waals surface area (Å²) in [7, 11) is 1.82. The van der Waals surface area contributed by atoms with E-state index in [2.05, 4.69) is 40.5 Å². The van der Waals surface area contributed by atoms with Crippen molar-refractivity contribution in [1.82, 2.24) is 10.2 Å². The number of likely N-dealkylation sites (N-methyl/N-ethyl adjacent to an activating group) is 1. The van der Waals surface area contributed by atoms with Crippen LogP contribution in [0.4, 0.5) is 0 Å². The van der Waals surface area contributed by atoms with E-state index in [1.807, 2.05) is 20.9 Å². The number of ether oxygens (including phenoxy) is 1. The van der Waals surface area contributed by atoms with Gasteiger partial charge in [-0.05, 0) is 45.3 Å². The van der Waals surface area contributed by atoms with Crippen molar-refractivity contribution in [1.29, 1.82) is 0 Å². The number of rotatable bonds is 6. The van der Waals surface area contributed by atoms with Crippen LogP contribution in [0.5, 0.6) is 0 Å². The monoisotopic (exact) mass is 290 g/mol. The van der Waals surface area contributed by atoms with Crippen LogP contribution in [-0.4, -0.2) is 49.7 Å². The van der Waals surface area contributed by atoms with Crippen LogP contribution in [0.2, 0.25) is 0 Å². The summed E-state index contributed by atoms with van der Waals surface area (Å²) in [6.45, 7) is 6.89. The fourth-order valence-electron chi connectivity index (χ4n) is 2.96. The molecular weight excluding hydrogens is 264 g/mol. The van der Waals surface area contributed by atoms with Gasteiger partial charge in [0.2, 0.25) is 0 Å². The Bertz CT molecular complexity index is 463. The number of benzene rings is 1. The van der Waals surface area contributed by atoms with Crippen LogP contribution in [-0.2, 0) is 9.53 Å². The third-order valence-electron chi connectivity index (χ3n) is 4.36. The molecule has 116 valence electrons. The molecule has 1 aliphatic rings. The predicted octanol–water partition coefficient (Wildman–Crippen LogP) is 2.02. The summed E-state index contributed by atoms with van der Waals surface area (Å²) in [5.41, 5.74) is 0.754. The van der Waals surface area contributed by atoms with E-state index in [1.165, 1.54) is 5.56 Å². The average Bonchev–Trinajstić information content (AvgIpc) is 2.96. The van der Waals surface area contributed by atoms with Crippen LogP contribution in [0.3, 0.4) is 0 Å². The highest BCUT2D eigenvalue weighted by Crippen LogP contribution is 2.28. The third kappa shape index (κ3) is 3.83. The van der Waals surface area contributed by atoms with E-state index in [-0.39, 0.29) is 5.97 Å². The van der Waals surface area contributed by atoms with Crippen LogP contribution in [0.1, 0.15) is 31.7 Å². The molecule has 0 aromatic heterocycles. The molecule has 2 atom stereocenters. The first-order valence-electron chi connectivity index (χ1n) is 7.72. The minimum atomic E-state index is -0.637. The number of carbonyl (C=O) groups is 1. The summed E-state index contributed by atoms with van der Waals surface area (Å²) in [5, 5.41) is 3.13. The number of hydrogen-bond acceptors (Lipinski definition) is 4. The molecule has 0 aliphatic carbocycles. The van der Waals surface area contributed by atoms with Crippen LogP contribution in [0.15, 0.2) is 30.3 Å². The minimum absolute atomic E-state index is 0.171. The second-order valence-corrected chi connectivity index (χ2v) is 5.93. The van der Waals surface area contributed by atoms with Crippen molar-refractivity contribution < 1.29 is 9.53 Å². The summed E-state index contributed by atoms with van der Waals surface area (Å²) in [4.78, 5) is 14.5. The van der Waals surface area contributed by atoms with E-state index in [4.69, 9.17) is 4.74 Å². The van der Waals surface area contributed by atoms with Crippen molar-refractivity contribution >= 4 is 5.97 Å². The van der Waals surface area contributed by atoms with Crippen LogP contribution < -0.4 is 5.32 Å². The van der Waals surface area contributed by atoms with Gasteiger partial charge in [0.25, 0.3) is 0 Å². The lowest BCUT2D eigenvalue weighted by Gasteiger charge is -2.31. The van der Waals surface area contributed by atoms with E-state index in [0.717, 1.165) is 19.5 Å². The summed E-state index contributed by atoms with van der Waals surface area (Å²) >= 11 is 0.